The minimum absolute atomic E-state index is 0.321. The maximum Gasteiger partial charge on any atom is 0.106 e. The highest BCUT2D eigenvalue weighted by atomic mass is 33.1. The minimum atomic E-state index is 0.321. The summed E-state index contributed by atoms with van der Waals surface area (Å²) < 4.78 is 0.321. The maximum absolute atomic E-state index is 4.37. The zero-order valence-electron chi connectivity index (χ0n) is 18.2. The van der Waals surface area contributed by atoms with Crippen molar-refractivity contribution in [3.63, 3.8) is 0 Å². The third kappa shape index (κ3) is 14.2. The standard InChI is InChI=1S/C15H25NS2.3C2H6/c1-6-14(3,4)12-15(5,7-2)18-17-13-10-8-9-11-16-13;3*1-2/h8-11H,6-7,12H2,1-5H3;3*1-2H3. The van der Waals surface area contributed by atoms with Gasteiger partial charge >= 0.3 is 0 Å². The van der Waals surface area contributed by atoms with Gasteiger partial charge in [0, 0.05) is 10.9 Å². The van der Waals surface area contributed by atoms with Gasteiger partial charge < -0.3 is 0 Å². The molecule has 1 aromatic rings. The first kappa shape index (κ1) is 28.6. The zero-order chi connectivity index (χ0) is 19.6. The van der Waals surface area contributed by atoms with Gasteiger partial charge in [0.25, 0.3) is 0 Å². The lowest BCUT2D eigenvalue weighted by Gasteiger charge is -2.35. The van der Waals surface area contributed by atoms with E-state index in [2.05, 4.69) is 51.7 Å². The largest absolute Gasteiger partial charge is 0.249 e. The van der Waals surface area contributed by atoms with Crippen molar-refractivity contribution in [3.8, 4) is 0 Å². The average molecular weight is 374 g/mol. The van der Waals surface area contributed by atoms with Gasteiger partial charge in [0.2, 0.25) is 0 Å². The lowest BCUT2D eigenvalue weighted by Crippen LogP contribution is -2.27. The molecule has 0 aromatic carbocycles. The molecule has 1 nitrogen and oxygen atoms in total. The SMILES string of the molecule is CC.CC.CC.CCC(C)(C)CC(C)(CC)SSc1ccccn1. The molecule has 0 amide bonds. The second-order valence-corrected chi connectivity index (χ2v) is 8.57. The quantitative estimate of drug-likeness (QED) is 0.443. The van der Waals surface area contributed by atoms with E-state index < -0.39 is 0 Å². The molecule has 0 saturated heterocycles. The molecule has 1 rings (SSSR count). The molecule has 0 aliphatic carbocycles. The summed E-state index contributed by atoms with van der Waals surface area (Å²) in [4.78, 5) is 4.37. The summed E-state index contributed by atoms with van der Waals surface area (Å²) in [6.45, 7) is 23.7. The van der Waals surface area contributed by atoms with Crippen molar-refractivity contribution in [1.29, 1.82) is 0 Å². The molecule has 0 radical (unpaired) electrons. The van der Waals surface area contributed by atoms with Crippen molar-refractivity contribution in [2.75, 3.05) is 0 Å². The van der Waals surface area contributed by atoms with Gasteiger partial charge in [-0.25, -0.2) is 4.98 Å². The molecule has 24 heavy (non-hydrogen) atoms. The first-order valence-electron chi connectivity index (χ1n) is 9.67. The van der Waals surface area contributed by atoms with Gasteiger partial charge in [-0.1, -0.05) is 92.5 Å². The summed E-state index contributed by atoms with van der Waals surface area (Å²) in [5.41, 5.74) is 0.419. The third-order valence-electron chi connectivity index (χ3n) is 3.52. The van der Waals surface area contributed by atoms with Crippen LogP contribution in [0.25, 0.3) is 0 Å². The lowest BCUT2D eigenvalue weighted by molar-refractivity contribution is 0.282. The summed E-state index contributed by atoms with van der Waals surface area (Å²) in [7, 11) is 3.78. The number of aromatic nitrogens is 1. The predicted molar refractivity (Wildman–Crippen MR) is 119 cm³/mol. The first-order chi connectivity index (χ1) is 11.4. The molecule has 3 heteroatoms. The van der Waals surface area contributed by atoms with Crippen molar-refractivity contribution in [2.24, 2.45) is 5.41 Å². The molecule has 0 aliphatic heterocycles. The van der Waals surface area contributed by atoms with E-state index in [0.717, 1.165) is 5.03 Å². The number of rotatable bonds is 7. The highest BCUT2D eigenvalue weighted by molar-refractivity contribution is 8.77. The van der Waals surface area contributed by atoms with Crippen LogP contribution in [0.4, 0.5) is 0 Å². The van der Waals surface area contributed by atoms with Crippen LogP contribution in [-0.4, -0.2) is 9.73 Å². The normalized spacial score (nSPS) is 12.3. The number of hydrogen-bond donors (Lipinski definition) is 0. The highest BCUT2D eigenvalue weighted by Gasteiger charge is 2.31. The maximum atomic E-state index is 4.37. The number of hydrogen-bond acceptors (Lipinski definition) is 3. The van der Waals surface area contributed by atoms with Gasteiger partial charge in [-0.05, 0) is 48.1 Å². The van der Waals surface area contributed by atoms with Gasteiger partial charge in [-0.3, -0.25) is 0 Å². The fourth-order valence-corrected chi connectivity index (χ4v) is 4.67. The van der Waals surface area contributed by atoms with Crippen LogP contribution in [0.5, 0.6) is 0 Å². The second-order valence-electron chi connectivity index (χ2n) is 5.83. The molecule has 1 unspecified atom stereocenters. The Hall–Kier alpha value is -0.150. The van der Waals surface area contributed by atoms with Crippen LogP contribution in [0, 0.1) is 5.41 Å². The lowest BCUT2D eigenvalue weighted by atomic mass is 9.80. The highest BCUT2D eigenvalue weighted by Crippen LogP contribution is 2.48. The zero-order valence-corrected chi connectivity index (χ0v) is 19.8. The number of nitrogens with zero attached hydrogens (tertiary/aromatic N) is 1. The van der Waals surface area contributed by atoms with Gasteiger partial charge in [0.1, 0.15) is 5.03 Å². The van der Waals surface area contributed by atoms with Crippen LogP contribution in [-0.2, 0) is 0 Å². The van der Waals surface area contributed by atoms with E-state index in [1.54, 1.807) is 0 Å². The Balaban J connectivity index is -0.000000659. The predicted octanol–water partition coefficient (Wildman–Crippen LogP) is 8.90. The van der Waals surface area contributed by atoms with E-state index in [0.29, 0.717) is 10.2 Å². The van der Waals surface area contributed by atoms with Crippen molar-refractivity contribution >= 4 is 21.6 Å². The van der Waals surface area contributed by atoms with E-state index >= 15 is 0 Å². The fourth-order valence-electron chi connectivity index (χ4n) is 1.89. The van der Waals surface area contributed by atoms with E-state index in [4.69, 9.17) is 0 Å². The Morgan fingerprint density at radius 1 is 0.875 bits per heavy atom. The Morgan fingerprint density at radius 2 is 1.42 bits per heavy atom. The second kappa shape index (κ2) is 17.7. The van der Waals surface area contributed by atoms with Crippen LogP contribution in [0.2, 0.25) is 0 Å². The Morgan fingerprint density at radius 3 is 1.79 bits per heavy atom. The Kier molecular flexibility index (Phi) is 21.1. The van der Waals surface area contributed by atoms with Gasteiger partial charge in [-0.2, -0.15) is 0 Å². The van der Waals surface area contributed by atoms with E-state index in [9.17, 15) is 0 Å². The average Bonchev–Trinajstić information content (AvgIpc) is 2.65. The van der Waals surface area contributed by atoms with Crippen LogP contribution < -0.4 is 0 Å². The molecule has 0 spiro atoms. The molecule has 1 atom stereocenters. The van der Waals surface area contributed by atoms with Crippen LogP contribution in [0.15, 0.2) is 29.4 Å². The Bertz CT molecular complexity index is 352. The molecule has 1 aromatic heterocycles. The van der Waals surface area contributed by atoms with Crippen LogP contribution in [0.1, 0.15) is 95.4 Å². The molecule has 0 saturated carbocycles. The number of pyridine rings is 1. The molecule has 0 fully saturated rings. The summed E-state index contributed by atoms with van der Waals surface area (Å²) in [5, 5.41) is 1.11. The van der Waals surface area contributed by atoms with Crippen molar-refractivity contribution in [3.05, 3.63) is 24.4 Å². The Labute approximate surface area is 161 Å². The molecule has 0 bridgehead atoms. The first-order valence-corrected chi connectivity index (χ1v) is 11.8. The monoisotopic (exact) mass is 373 g/mol. The molecule has 144 valence electrons. The summed E-state index contributed by atoms with van der Waals surface area (Å²) >= 11 is 0. The third-order valence-corrected chi connectivity index (χ3v) is 6.82. The fraction of sp³-hybridized carbons (Fsp3) is 0.762. The minimum Gasteiger partial charge on any atom is -0.249 e. The summed E-state index contributed by atoms with van der Waals surface area (Å²) in [5.74, 6) is 0. The van der Waals surface area contributed by atoms with E-state index in [1.165, 1.54) is 19.3 Å². The summed E-state index contributed by atoms with van der Waals surface area (Å²) in [6, 6.07) is 6.10. The van der Waals surface area contributed by atoms with Crippen molar-refractivity contribution in [1.82, 2.24) is 4.98 Å². The topological polar surface area (TPSA) is 12.9 Å². The smallest absolute Gasteiger partial charge is 0.106 e. The molecule has 0 N–H and O–H groups in total. The molecule has 0 aliphatic rings. The van der Waals surface area contributed by atoms with E-state index in [-0.39, 0.29) is 0 Å². The summed E-state index contributed by atoms with van der Waals surface area (Å²) in [6.07, 6.45) is 5.54. The van der Waals surface area contributed by atoms with Crippen LogP contribution >= 0.6 is 21.6 Å². The molecular weight excluding hydrogens is 330 g/mol. The van der Waals surface area contributed by atoms with Gasteiger partial charge in [0.05, 0.1) is 0 Å². The molecule has 1 heterocycles. The van der Waals surface area contributed by atoms with Crippen molar-refractivity contribution in [2.45, 2.75) is 105 Å². The van der Waals surface area contributed by atoms with Crippen LogP contribution in [0.3, 0.4) is 0 Å². The molecular formula is C21H43NS2. The van der Waals surface area contributed by atoms with Crippen molar-refractivity contribution < 1.29 is 0 Å². The van der Waals surface area contributed by atoms with Gasteiger partial charge in [-0.15, -0.1) is 0 Å². The van der Waals surface area contributed by atoms with Gasteiger partial charge in [0.15, 0.2) is 0 Å². The van der Waals surface area contributed by atoms with E-state index in [1.807, 2.05) is 75.4 Å².